The summed E-state index contributed by atoms with van der Waals surface area (Å²) >= 11 is 0. The number of benzene rings is 1. The summed E-state index contributed by atoms with van der Waals surface area (Å²) in [4.78, 5) is 19.3. The van der Waals surface area contributed by atoms with Gasteiger partial charge in [0.1, 0.15) is 5.52 Å². The first-order valence-corrected chi connectivity index (χ1v) is 7.89. The van der Waals surface area contributed by atoms with Crippen LogP contribution in [0.2, 0.25) is 0 Å². The van der Waals surface area contributed by atoms with Gasteiger partial charge in [-0.05, 0) is 24.3 Å². The number of nitrogens with one attached hydrogen (secondary N) is 1. The fourth-order valence-electron chi connectivity index (χ4n) is 2.82. The first kappa shape index (κ1) is 17.0. The number of imidazole rings is 1. The van der Waals surface area contributed by atoms with Gasteiger partial charge in [-0.2, -0.15) is 18.3 Å². The van der Waals surface area contributed by atoms with E-state index in [0.29, 0.717) is 22.8 Å². The Balaban J connectivity index is 1.81. The number of alkyl halides is 3. The lowest BCUT2D eigenvalue weighted by molar-refractivity contribution is -0.137. The van der Waals surface area contributed by atoms with Crippen LogP contribution in [0.1, 0.15) is 12.5 Å². The first-order valence-electron chi connectivity index (χ1n) is 7.89. The summed E-state index contributed by atoms with van der Waals surface area (Å²) in [7, 11) is 1.65. The molecule has 0 saturated heterocycles. The van der Waals surface area contributed by atoms with Crippen LogP contribution >= 0.6 is 0 Å². The molecule has 1 amide bonds. The Morgan fingerprint density at radius 1 is 1.19 bits per heavy atom. The summed E-state index contributed by atoms with van der Waals surface area (Å²) in [5, 5.41) is 7.88. The predicted molar refractivity (Wildman–Crippen MR) is 92.4 cm³/mol. The number of carbonyl (C=O) groups is 1. The summed E-state index contributed by atoms with van der Waals surface area (Å²) in [5.74, 6) is 0.129. The van der Waals surface area contributed by atoms with Crippen LogP contribution in [0.3, 0.4) is 0 Å². The highest BCUT2D eigenvalue weighted by molar-refractivity contribution is 5.92. The van der Waals surface area contributed by atoms with E-state index >= 15 is 0 Å². The quantitative estimate of drug-likeness (QED) is 0.584. The number of aryl methyl sites for hydroxylation is 1. The van der Waals surface area contributed by atoms with E-state index in [4.69, 9.17) is 0 Å². The van der Waals surface area contributed by atoms with Crippen molar-refractivity contribution < 1.29 is 18.0 Å². The van der Waals surface area contributed by atoms with Crippen molar-refractivity contribution in [1.82, 2.24) is 24.3 Å². The standard InChI is InChI=1S/C17H13F3N6O/c1-9(27)22-12-4-3-10-8-26(24-13(10)6-12)16-23-14-5-11(17(18,19)20)7-21-15(14)25(16)2/h3-8H,1-2H3,(H,22,27). The van der Waals surface area contributed by atoms with Gasteiger partial charge in [0.15, 0.2) is 5.65 Å². The van der Waals surface area contributed by atoms with Crippen LogP contribution in [0.5, 0.6) is 0 Å². The molecule has 4 aromatic rings. The molecule has 0 fully saturated rings. The number of carbonyl (C=O) groups excluding carboxylic acids is 1. The normalized spacial score (nSPS) is 12.0. The van der Waals surface area contributed by atoms with Gasteiger partial charge in [-0.15, -0.1) is 0 Å². The monoisotopic (exact) mass is 374 g/mol. The van der Waals surface area contributed by atoms with Gasteiger partial charge in [-0.3, -0.25) is 9.36 Å². The molecule has 1 N–H and O–H groups in total. The van der Waals surface area contributed by atoms with E-state index in [1.54, 1.807) is 36.0 Å². The zero-order valence-electron chi connectivity index (χ0n) is 14.2. The molecule has 0 bridgehead atoms. The lowest BCUT2D eigenvalue weighted by Crippen LogP contribution is -2.06. The first-order chi connectivity index (χ1) is 12.7. The fraction of sp³-hybridized carbons (Fsp3) is 0.176. The predicted octanol–water partition coefficient (Wildman–Crippen LogP) is 3.28. The van der Waals surface area contributed by atoms with Gasteiger partial charge in [0.2, 0.25) is 11.9 Å². The Morgan fingerprint density at radius 3 is 2.67 bits per heavy atom. The van der Waals surface area contributed by atoms with Gasteiger partial charge in [-0.25, -0.2) is 14.6 Å². The molecule has 3 heterocycles. The number of aromatic nitrogens is 5. The molecule has 0 unspecified atom stereocenters. The third-order valence-corrected chi connectivity index (χ3v) is 4.05. The highest BCUT2D eigenvalue weighted by atomic mass is 19.4. The minimum Gasteiger partial charge on any atom is -0.326 e. The Labute approximate surface area is 150 Å². The van der Waals surface area contributed by atoms with Crippen molar-refractivity contribution in [1.29, 1.82) is 0 Å². The zero-order valence-corrected chi connectivity index (χ0v) is 14.2. The third-order valence-electron chi connectivity index (χ3n) is 4.05. The highest BCUT2D eigenvalue weighted by Gasteiger charge is 2.31. The van der Waals surface area contributed by atoms with Gasteiger partial charge in [0, 0.05) is 37.4 Å². The smallest absolute Gasteiger partial charge is 0.326 e. The average molecular weight is 374 g/mol. The Kier molecular flexibility index (Phi) is 3.65. The van der Waals surface area contributed by atoms with E-state index in [2.05, 4.69) is 20.4 Å². The highest BCUT2D eigenvalue weighted by Crippen LogP contribution is 2.30. The number of anilines is 1. The van der Waals surface area contributed by atoms with E-state index in [-0.39, 0.29) is 11.4 Å². The topological polar surface area (TPSA) is 77.6 Å². The molecular formula is C17H13F3N6O. The summed E-state index contributed by atoms with van der Waals surface area (Å²) in [6.45, 7) is 1.41. The van der Waals surface area contributed by atoms with Crippen LogP contribution in [-0.2, 0) is 18.0 Å². The van der Waals surface area contributed by atoms with Crippen LogP contribution in [-0.4, -0.2) is 30.2 Å². The third kappa shape index (κ3) is 2.98. The number of amides is 1. The summed E-state index contributed by atoms with van der Waals surface area (Å²) in [5.41, 5.74) is 0.793. The number of hydrogen-bond donors (Lipinski definition) is 1. The molecule has 0 aliphatic carbocycles. The molecule has 0 aliphatic heterocycles. The second-order valence-corrected chi connectivity index (χ2v) is 6.06. The molecule has 0 radical (unpaired) electrons. The van der Waals surface area contributed by atoms with Crippen molar-refractivity contribution in [3.8, 4) is 5.95 Å². The Bertz CT molecular complexity index is 1190. The van der Waals surface area contributed by atoms with Crippen LogP contribution in [0.15, 0.2) is 36.7 Å². The maximum absolute atomic E-state index is 12.9. The van der Waals surface area contributed by atoms with Crippen molar-refractivity contribution in [2.45, 2.75) is 13.1 Å². The molecular weight excluding hydrogens is 361 g/mol. The van der Waals surface area contributed by atoms with Crippen LogP contribution in [0, 0.1) is 0 Å². The maximum atomic E-state index is 12.9. The van der Waals surface area contributed by atoms with E-state index in [1.807, 2.05) is 0 Å². The zero-order chi connectivity index (χ0) is 19.3. The van der Waals surface area contributed by atoms with Gasteiger partial charge in [0.25, 0.3) is 0 Å². The molecule has 0 aliphatic rings. The number of hydrogen-bond acceptors (Lipinski definition) is 4. The minimum absolute atomic E-state index is 0.126. The van der Waals surface area contributed by atoms with Crippen molar-refractivity contribution in [3.63, 3.8) is 0 Å². The van der Waals surface area contributed by atoms with E-state index < -0.39 is 11.7 Å². The summed E-state index contributed by atoms with van der Waals surface area (Å²) < 4.78 is 41.7. The molecule has 7 nitrogen and oxygen atoms in total. The molecule has 10 heteroatoms. The SMILES string of the molecule is CC(=O)Nc1ccc2cn(-c3nc4cc(C(F)(F)F)cnc4n3C)nc2c1. The molecule has 0 saturated carbocycles. The minimum atomic E-state index is -4.49. The largest absolute Gasteiger partial charge is 0.417 e. The second kappa shape index (κ2) is 5.79. The van der Waals surface area contributed by atoms with Crippen LogP contribution in [0.4, 0.5) is 18.9 Å². The summed E-state index contributed by atoms with van der Waals surface area (Å²) in [6.07, 6.45) is -1.99. The number of halogens is 3. The Hall–Kier alpha value is -3.43. The van der Waals surface area contributed by atoms with Crippen LogP contribution < -0.4 is 5.32 Å². The average Bonchev–Trinajstić information content (AvgIpc) is 3.14. The number of pyridine rings is 1. The molecule has 1 aromatic carbocycles. The maximum Gasteiger partial charge on any atom is 0.417 e. The molecule has 0 spiro atoms. The van der Waals surface area contributed by atoms with Crippen molar-refractivity contribution >= 4 is 33.7 Å². The van der Waals surface area contributed by atoms with Crippen molar-refractivity contribution in [2.75, 3.05) is 5.32 Å². The lowest BCUT2D eigenvalue weighted by Gasteiger charge is -2.05. The lowest BCUT2D eigenvalue weighted by atomic mass is 10.2. The number of rotatable bonds is 2. The molecule has 3 aromatic heterocycles. The molecule has 4 rings (SSSR count). The summed E-state index contributed by atoms with van der Waals surface area (Å²) in [6, 6.07) is 6.19. The van der Waals surface area contributed by atoms with Gasteiger partial charge in [-0.1, -0.05) is 0 Å². The van der Waals surface area contributed by atoms with Crippen LogP contribution in [0.25, 0.3) is 28.0 Å². The van der Waals surface area contributed by atoms with Gasteiger partial charge < -0.3 is 5.32 Å². The second-order valence-electron chi connectivity index (χ2n) is 6.06. The van der Waals surface area contributed by atoms with Crippen molar-refractivity contribution in [3.05, 3.63) is 42.2 Å². The van der Waals surface area contributed by atoms with Gasteiger partial charge >= 0.3 is 6.18 Å². The number of nitrogens with zero attached hydrogens (tertiary/aromatic N) is 5. The molecule has 138 valence electrons. The van der Waals surface area contributed by atoms with Crippen molar-refractivity contribution in [2.24, 2.45) is 7.05 Å². The fourth-order valence-corrected chi connectivity index (χ4v) is 2.82. The Morgan fingerprint density at radius 2 is 1.96 bits per heavy atom. The van der Waals surface area contributed by atoms with E-state index in [9.17, 15) is 18.0 Å². The van der Waals surface area contributed by atoms with Gasteiger partial charge in [0.05, 0.1) is 11.1 Å². The number of fused-ring (bicyclic) bond motifs is 2. The molecule has 0 atom stereocenters. The molecule has 27 heavy (non-hydrogen) atoms. The van der Waals surface area contributed by atoms with E-state index in [1.165, 1.54) is 11.6 Å². The van der Waals surface area contributed by atoms with E-state index in [0.717, 1.165) is 17.6 Å².